The van der Waals surface area contributed by atoms with Crippen LogP contribution in [0.3, 0.4) is 0 Å². The van der Waals surface area contributed by atoms with Gasteiger partial charge in [-0.2, -0.15) is 0 Å². The van der Waals surface area contributed by atoms with E-state index in [0.29, 0.717) is 13.1 Å². The van der Waals surface area contributed by atoms with Gasteiger partial charge in [-0.25, -0.2) is 0 Å². The van der Waals surface area contributed by atoms with E-state index in [1.165, 1.54) is 11.0 Å². The fourth-order valence-electron chi connectivity index (χ4n) is 2.39. The molecule has 1 fully saturated rings. The second kappa shape index (κ2) is 7.04. The van der Waals surface area contributed by atoms with Gasteiger partial charge in [-0.15, -0.1) is 0 Å². The smallest absolute Gasteiger partial charge is 0.313 e. The van der Waals surface area contributed by atoms with E-state index in [1.54, 1.807) is 18.2 Å². The predicted molar refractivity (Wildman–Crippen MR) is 82.3 cm³/mol. The molecule has 1 saturated heterocycles. The van der Waals surface area contributed by atoms with E-state index >= 15 is 0 Å². The van der Waals surface area contributed by atoms with Crippen molar-refractivity contribution < 1.29 is 14.4 Å². The number of piperazine rings is 1. The van der Waals surface area contributed by atoms with E-state index < -0.39 is 17.7 Å². The van der Waals surface area contributed by atoms with Gasteiger partial charge in [0.15, 0.2) is 0 Å². The molecular formula is C15H20N4O3. The predicted octanol–water partition coefficient (Wildman–Crippen LogP) is -0.112. The van der Waals surface area contributed by atoms with Crippen LogP contribution in [0.4, 0.5) is 5.69 Å². The minimum absolute atomic E-state index is 0.180. The molecule has 118 valence electrons. The average molecular weight is 304 g/mol. The number of nitrogens with zero attached hydrogens (tertiary/aromatic N) is 2. The molecule has 1 aliphatic rings. The number of hydrogen-bond acceptors (Lipinski definition) is 4. The zero-order valence-corrected chi connectivity index (χ0v) is 12.5. The number of benzene rings is 1. The Morgan fingerprint density at radius 3 is 2.36 bits per heavy atom. The molecule has 22 heavy (non-hydrogen) atoms. The maximum absolute atomic E-state index is 12.2. The molecule has 7 nitrogen and oxygen atoms in total. The number of carbonyl (C=O) groups is 3. The summed E-state index contributed by atoms with van der Waals surface area (Å²) in [4.78, 5) is 39.3. The topological polar surface area (TPSA) is 95.7 Å². The maximum Gasteiger partial charge on any atom is 0.313 e. The lowest BCUT2D eigenvalue weighted by molar-refractivity contribution is -0.144. The molecule has 2 rings (SSSR count). The van der Waals surface area contributed by atoms with E-state index in [2.05, 4.69) is 17.1 Å². The van der Waals surface area contributed by atoms with Crippen molar-refractivity contribution in [1.82, 2.24) is 9.80 Å². The zero-order chi connectivity index (χ0) is 16.1. The molecule has 0 bridgehead atoms. The quantitative estimate of drug-likeness (QED) is 0.762. The Bertz CT molecular complexity index is 580. The van der Waals surface area contributed by atoms with Crippen molar-refractivity contribution in [2.75, 3.05) is 38.0 Å². The number of nitrogens with two attached hydrogens (primary N) is 1. The average Bonchev–Trinajstić information content (AvgIpc) is 2.54. The maximum atomic E-state index is 12.2. The highest BCUT2D eigenvalue weighted by Gasteiger charge is 2.26. The Morgan fingerprint density at radius 1 is 1.14 bits per heavy atom. The zero-order valence-electron chi connectivity index (χ0n) is 12.5. The molecule has 1 aliphatic heterocycles. The molecule has 0 radical (unpaired) electrons. The normalized spacial score (nSPS) is 15.4. The third-order valence-electron chi connectivity index (χ3n) is 3.74. The van der Waals surface area contributed by atoms with Crippen LogP contribution in [-0.2, 0) is 9.59 Å². The van der Waals surface area contributed by atoms with Crippen molar-refractivity contribution in [2.24, 2.45) is 5.73 Å². The third-order valence-corrected chi connectivity index (χ3v) is 3.74. The van der Waals surface area contributed by atoms with Crippen LogP contribution in [0.15, 0.2) is 24.3 Å². The minimum Gasteiger partial charge on any atom is -0.366 e. The Hall–Kier alpha value is -2.41. The number of hydrogen-bond donors (Lipinski definition) is 2. The largest absolute Gasteiger partial charge is 0.366 e. The standard InChI is InChI=1S/C15H20N4O3/c1-2-18-7-9-19(10-8-18)15(22)14(21)17-12-6-4-3-5-11(12)13(16)20/h3-6H,2,7-10H2,1H3,(H2,16,20)(H,17,21). The Kier molecular flexibility index (Phi) is 5.11. The number of amides is 3. The Balaban J connectivity index is 2.01. The van der Waals surface area contributed by atoms with Crippen LogP contribution in [0.2, 0.25) is 0 Å². The van der Waals surface area contributed by atoms with E-state index in [1.807, 2.05) is 0 Å². The summed E-state index contributed by atoms with van der Waals surface area (Å²) in [5.41, 5.74) is 5.68. The molecule has 1 heterocycles. The van der Waals surface area contributed by atoms with Crippen LogP contribution in [0.1, 0.15) is 17.3 Å². The van der Waals surface area contributed by atoms with E-state index in [9.17, 15) is 14.4 Å². The lowest BCUT2D eigenvalue weighted by atomic mass is 10.1. The molecule has 0 aliphatic carbocycles. The van der Waals surface area contributed by atoms with Crippen molar-refractivity contribution >= 4 is 23.4 Å². The van der Waals surface area contributed by atoms with E-state index in [-0.39, 0.29) is 11.3 Å². The first-order valence-electron chi connectivity index (χ1n) is 7.24. The minimum atomic E-state index is -0.751. The highest BCUT2D eigenvalue weighted by atomic mass is 16.2. The second-order valence-electron chi connectivity index (χ2n) is 5.09. The van der Waals surface area contributed by atoms with E-state index in [4.69, 9.17) is 5.73 Å². The van der Waals surface area contributed by atoms with Gasteiger partial charge in [-0.3, -0.25) is 14.4 Å². The summed E-state index contributed by atoms with van der Waals surface area (Å²) >= 11 is 0. The van der Waals surface area contributed by atoms with Gasteiger partial charge < -0.3 is 20.9 Å². The monoisotopic (exact) mass is 304 g/mol. The van der Waals surface area contributed by atoms with Crippen molar-refractivity contribution in [3.8, 4) is 0 Å². The van der Waals surface area contributed by atoms with Crippen LogP contribution >= 0.6 is 0 Å². The lowest BCUT2D eigenvalue weighted by Gasteiger charge is -2.33. The summed E-state index contributed by atoms with van der Waals surface area (Å²) in [5.74, 6) is -1.99. The Morgan fingerprint density at radius 2 is 1.77 bits per heavy atom. The number of anilines is 1. The SMILES string of the molecule is CCN1CCN(C(=O)C(=O)Nc2ccccc2C(N)=O)CC1. The van der Waals surface area contributed by atoms with Gasteiger partial charge in [0, 0.05) is 26.2 Å². The molecule has 0 aromatic heterocycles. The number of nitrogens with one attached hydrogen (secondary N) is 1. The second-order valence-corrected chi connectivity index (χ2v) is 5.09. The van der Waals surface area contributed by atoms with Gasteiger partial charge in [0.05, 0.1) is 11.3 Å². The molecule has 0 spiro atoms. The summed E-state index contributed by atoms with van der Waals surface area (Å²) in [7, 11) is 0. The van der Waals surface area contributed by atoms with Crippen molar-refractivity contribution in [3.63, 3.8) is 0 Å². The fourth-order valence-corrected chi connectivity index (χ4v) is 2.39. The highest BCUT2D eigenvalue weighted by Crippen LogP contribution is 2.14. The van der Waals surface area contributed by atoms with Crippen molar-refractivity contribution in [3.05, 3.63) is 29.8 Å². The van der Waals surface area contributed by atoms with Gasteiger partial charge in [0.25, 0.3) is 5.91 Å². The highest BCUT2D eigenvalue weighted by molar-refractivity contribution is 6.39. The lowest BCUT2D eigenvalue weighted by Crippen LogP contribution is -2.51. The first-order valence-corrected chi connectivity index (χ1v) is 7.24. The van der Waals surface area contributed by atoms with Gasteiger partial charge in [0.1, 0.15) is 0 Å². The van der Waals surface area contributed by atoms with Crippen molar-refractivity contribution in [2.45, 2.75) is 6.92 Å². The molecule has 1 aromatic rings. The first-order chi connectivity index (χ1) is 10.5. The number of rotatable bonds is 3. The number of primary amides is 1. The van der Waals surface area contributed by atoms with Crippen LogP contribution in [0, 0.1) is 0 Å². The summed E-state index contributed by atoms with van der Waals surface area (Å²) < 4.78 is 0. The molecule has 3 amide bonds. The van der Waals surface area contributed by atoms with Crippen LogP contribution in [0.25, 0.3) is 0 Å². The fraction of sp³-hybridized carbons (Fsp3) is 0.400. The molecule has 7 heteroatoms. The molecular weight excluding hydrogens is 284 g/mol. The third kappa shape index (κ3) is 3.62. The van der Waals surface area contributed by atoms with Gasteiger partial charge in [0.2, 0.25) is 0 Å². The van der Waals surface area contributed by atoms with Gasteiger partial charge in [-0.1, -0.05) is 19.1 Å². The van der Waals surface area contributed by atoms with E-state index in [0.717, 1.165) is 19.6 Å². The Labute approximate surface area is 129 Å². The van der Waals surface area contributed by atoms with Crippen molar-refractivity contribution in [1.29, 1.82) is 0 Å². The summed E-state index contributed by atoms with van der Waals surface area (Å²) in [5, 5.41) is 2.47. The molecule has 1 aromatic carbocycles. The number of carbonyl (C=O) groups excluding carboxylic acids is 3. The van der Waals surface area contributed by atoms with Crippen LogP contribution < -0.4 is 11.1 Å². The molecule has 0 unspecified atom stereocenters. The van der Waals surface area contributed by atoms with Crippen LogP contribution in [-0.4, -0.2) is 60.2 Å². The number of para-hydroxylation sites is 1. The molecule has 0 atom stereocenters. The van der Waals surface area contributed by atoms with Gasteiger partial charge in [-0.05, 0) is 18.7 Å². The van der Waals surface area contributed by atoms with Crippen LogP contribution in [0.5, 0.6) is 0 Å². The molecule has 3 N–H and O–H groups in total. The summed E-state index contributed by atoms with van der Waals surface area (Å²) in [6.07, 6.45) is 0. The first kappa shape index (κ1) is 16.0. The summed E-state index contributed by atoms with van der Waals surface area (Å²) in [6, 6.07) is 6.34. The molecule has 0 saturated carbocycles. The van der Waals surface area contributed by atoms with Gasteiger partial charge >= 0.3 is 11.8 Å². The number of likely N-dealkylation sites (N-methyl/N-ethyl adjacent to an activating group) is 1. The summed E-state index contributed by atoms with van der Waals surface area (Å²) in [6.45, 7) is 5.56.